The number of halogens is 3. The molecule has 150 valence electrons. The van der Waals surface area contributed by atoms with Gasteiger partial charge in [-0.1, -0.05) is 12.1 Å². The molecule has 0 saturated carbocycles. The average molecular weight is 430 g/mol. The summed E-state index contributed by atoms with van der Waals surface area (Å²) >= 11 is -0.240. The van der Waals surface area contributed by atoms with Crippen LogP contribution in [0.3, 0.4) is 0 Å². The fourth-order valence-electron chi connectivity index (χ4n) is 2.99. The summed E-state index contributed by atoms with van der Waals surface area (Å²) in [6.07, 6.45) is 1.62. The molecule has 0 aliphatic carbocycles. The number of nitrogens with zero attached hydrogens (tertiary/aromatic N) is 1. The lowest BCUT2D eigenvalue weighted by Crippen LogP contribution is -2.35. The third-order valence-electron chi connectivity index (χ3n) is 4.30. The van der Waals surface area contributed by atoms with Crippen molar-refractivity contribution in [2.75, 3.05) is 18.1 Å². The number of alkyl halides is 3. The van der Waals surface area contributed by atoms with Gasteiger partial charge in [-0.05, 0) is 59.6 Å². The predicted octanol–water partition coefficient (Wildman–Crippen LogP) is 3.87. The normalized spacial score (nSPS) is 15.1. The number of anilines is 1. The largest absolute Gasteiger partial charge is 0.446 e. The Bertz CT molecular complexity index is 990. The number of carbonyl (C=O) groups excluding carboxylic acids is 1. The van der Waals surface area contributed by atoms with Crippen LogP contribution in [0.4, 0.5) is 18.9 Å². The van der Waals surface area contributed by atoms with Crippen LogP contribution in [-0.4, -0.2) is 36.9 Å². The van der Waals surface area contributed by atoms with Gasteiger partial charge in [0.05, 0.1) is 6.26 Å². The first-order chi connectivity index (χ1) is 13.0. The topological polar surface area (TPSA) is 66.5 Å². The lowest BCUT2D eigenvalue weighted by molar-refractivity contribution is -0.0328. The van der Waals surface area contributed by atoms with Crippen LogP contribution in [0, 0.1) is 0 Å². The summed E-state index contributed by atoms with van der Waals surface area (Å²) in [7, 11) is -3.30. The van der Waals surface area contributed by atoms with E-state index >= 15 is 0 Å². The molecule has 10 heteroatoms. The average Bonchev–Trinajstić information content (AvgIpc) is 2.60. The van der Waals surface area contributed by atoms with Crippen molar-refractivity contribution in [3.63, 3.8) is 0 Å². The molecule has 0 fully saturated rings. The van der Waals surface area contributed by atoms with Crippen LogP contribution in [0.5, 0.6) is 0 Å². The lowest BCUT2D eigenvalue weighted by Gasteiger charge is -2.28. The smallest absolute Gasteiger partial charge is 0.322 e. The molecule has 2 aromatic rings. The molecule has 0 radical (unpaired) electrons. The van der Waals surface area contributed by atoms with E-state index in [0.717, 1.165) is 17.4 Å². The maximum atomic E-state index is 12.5. The summed E-state index contributed by atoms with van der Waals surface area (Å²) < 4.78 is 62.0. The molecule has 28 heavy (non-hydrogen) atoms. The molecule has 0 spiro atoms. The number of benzene rings is 2. The minimum Gasteiger partial charge on any atom is -0.322 e. The molecule has 0 atom stereocenters. The van der Waals surface area contributed by atoms with Crippen molar-refractivity contribution in [1.29, 1.82) is 0 Å². The van der Waals surface area contributed by atoms with Crippen molar-refractivity contribution < 1.29 is 26.4 Å². The SMILES string of the molecule is CS(=O)(=O)N1CCc2c(cccc2NC(=O)c2ccc(SC(F)(F)F)cc2)C1. The number of hydrogen-bond acceptors (Lipinski definition) is 4. The molecule has 1 amide bonds. The Morgan fingerprint density at radius 2 is 1.82 bits per heavy atom. The number of carbonyl (C=O) groups is 1. The van der Waals surface area contributed by atoms with E-state index in [1.165, 1.54) is 28.6 Å². The van der Waals surface area contributed by atoms with Gasteiger partial charge in [-0.15, -0.1) is 0 Å². The molecule has 1 aliphatic rings. The van der Waals surface area contributed by atoms with Crippen LogP contribution in [0.2, 0.25) is 0 Å². The third kappa shape index (κ3) is 5.06. The molecule has 1 heterocycles. The number of fused-ring (bicyclic) bond motifs is 1. The number of hydrogen-bond donors (Lipinski definition) is 1. The lowest BCUT2D eigenvalue weighted by atomic mass is 9.99. The summed E-state index contributed by atoms with van der Waals surface area (Å²) in [5.74, 6) is -0.442. The minimum atomic E-state index is -4.38. The molecule has 0 saturated heterocycles. The van der Waals surface area contributed by atoms with Gasteiger partial charge in [0.25, 0.3) is 5.91 Å². The molecule has 3 rings (SSSR count). The first-order valence-corrected chi connectivity index (χ1v) is 10.9. The molecule has 1 N–H and O–H groups in total. The van der Waals surface area contributed by atoms with Gasteiger partial charge in [0.2, 0.25) is 10.0 Å². The van der Waals surface area contributed by atoms with Crippen LogP contribution >= 0.6 is 11.8 Å². The van der Waals surface area contributed by atoms with Gasteiger partial charge in [-0.2, -0.15) is 17.5 Å². The highest BCUT2D eigenvalue weighted by molar-refractivity contribution is 8.00. The van der Waals surface area contributed by atoms with Gasteiger partial charge in [-0.25, -0.2) is 8.42 Å². The molecule has 0 unspecified atom stereocenters. The second kappa shape index (κ2) is 7.76. The summed E-state index contributed by atoms with van der Waals surface area (Å²) in [4.78, 5) is 12.5. The standard InChI is InChI=1S/C18H17F3N2O3S2/c1-28(25,26)23-10-9-15-13(11-23)3-2-4-16(15)22-17(24)12-5-7-14(8-6-12)27-18(19,20)21/h2-8H,9-11H2,1H3,(H,22,24). The Morgan fingerprint density at radius 3 is 2.43 bits per heavy atom. The van der Waals surface area contributed by atoms with Crippen molar-refractivity contribution in [3.05, 3.63) is 59.2 Å². The first-order valence-electron chi connectivity index (χ1n) is 8.26. The van der Waals surface area contributed by atoms with E-state index in [1.807, 2.05) is 6.07 Å². The number of amides is 1. The van der Waals surface area contributed by atoms with E-state index in [0.29, 0.717) is 18.7 Å². The molecular weight excluding hydrogens is 413 g/mol. The maximum Gasteiger partial charge on any atom is 0.446 e. The highest BCUT2D eigenvalue weighted by Gasteiger charge is 2.29. The van der Waals surface area contributed by atoms with Crippen molar-refractivity contribution in [1.82, 2.24) is 4.31 Å². The number of nitrogens with one attached hydrogen (secondary N) is 1. The Labute approximate surface area is 165 Å². The quantitative estimate of drug-likeness (QED) is 0.748. The van der Waals surface area contributed by atoms with Gasteiger partial charge in [0.15, 0.2) is 0 Å². The van der Waals surface area contributed by atoms with Gasteiger partial charge >= 0.3 is 5.51 Å². The molecule has 2 aromatic carbocycles. The molecule has 5 nitrogen and oxygen atoms in total. The van der Waals surface area contributed by atoms with E-state index in [9.17, 15) is 26.4 Å². The zero-order chi connectivity index (χ0) is 20.5. The first kappa shape index (κ1) is 20.7. The Hall–Kier alpha value is -2.04. The van der Waals surface area contributed by atoms with Crippen molar-refractivity contribution >= 4 is 33.4 Å². The van der Waals surface area contributed by atoms with Gasteiger partial charge in [-0.3, -0.25) is 4.79 Å². The summed E-state index contributed by atoms with van der Waals surface area (Å²) in [5.41, 5.74) is -1.90. The Balaban J connectivity index is 1.75. The zero-order valence-electron chi connectivity index (χ0n) is 14.8. The number of thioether (sulfide) groups is 1. The van der Waals surface area contributed by atoms with Crippen LogP contribution < -0.4 is 5.32 Å². The Kier molecular flexibility index (Phi) is 5.74. The molecule has 0 bridgehead atoms. The third-order valence-corrected chi connectivity index (χ3v) is 6.29. The molecule has 0 aromatic heterocycles. The van der Waals surface area contributed by atoms with E-state index in [4.69, 9.17) is 0 Å². The second-order valence-corrected chi connectivity index (χ2v) is 9.44. The minimum absolute atomic E-state index is 0.00186. The van der Waals surface area contributed by atoms with Crippen molar-refractivity contribution in [3.8, 4) is 0 Å². The maximum absolute atomic E-state index is 12.5. The van der Waals surface area contributed by atoms with Crippen molar-refractivity contribution in [2.24, 2.45) is 0 Å². The predicted molar refractivity (Wildman–Crippen MR) is 102 cm³/mol. The zero-order valence-corrected chi connectivity index (χ0v) is 16.4. The van der Waals surface area contributed by atoms with E-state index < -0.39 is 21.4 Å². The number of sulfonamides is 1. The molecular formula is C18H17F3N2O3S2. The summed E-state index contributed by atoms with van der Waals surface area (Å²) in [6.45, 7) is 0.559. The van der Waals surface area contributed by atoms with E-state index in [2.05, 4.69) is 5.32 Å². The summed E-state index contributed by atoms with van der Waals surface area (Å²) in [6, 6.07) is 10.4. The van der Waals surface area contributed by atoms with Crippen molar-refractivity contribution in [2.45, 2.75) is 23.4 Å². The highest BCUT2D eigenvalue weighted by Crippen LogP contribution is 2.36. The fourth-order valence-corrected chi connectivity index (χ4v) is 4.32. The monoisotopic (exact) mass is 430 g/mol. The van der Waals surface area contributed by atoms with Gasteiger partial charge in [0, 0.05) is 29.2 Å². The van der Waals surface area contributed by atoms with Crippen LogP contribution in [0.25, 0.3) is 0 Å². The van der Waals surface area contributed by atoms with Gasteiger partial charge < -0.3 is 5.32 Å². The fraction of sp³-hybridized carbons (Fsp3) is 0.278. The van der Waals surface area contributed by atoms with Gasteiger partial charge in [0.1, 0.15) is 0 Å². The Morgan fingerprint density at radius 1 is 1.14 bits per heavy atom. The highest BCUT2D eigenvalue weighted by atomic mass is 32.2. The van der Waals surface area contributed by atoms with Crippen LogP contribution in [0.15, 0.2) is 47.4 Å². The van der Waals surface area contributed by atoms with Crippen LogP contribution in [0.1, 0.15) is 21.5 Å². The van der Waals surface area contributed by atoms with E-state index in [1.54, 1.807) is 12.1 Å². The number of rotatable bonds is 4. The van der Waals surface area contributed by atoms with E-state index in [-0.39, 0.29) is 28.8 Å². The summed E-state index contributed by atoms with van der Waals surface area (Å²) in [5, 5.41) is 2.77. The second-order valence-electron chi connectivity index (χ2n) is 6.32. The molecule has 1 aliphatic heterocycles. The van der Waals surface area contributed by atoms with Crippen LogP contribution in [-0.2, 0) is 23.0 Å².